The zero-order valence-corrected chi connectivity index (χ0v) is 19.9. The number of fused-ring (bicyclic) bond motifs is 5. The fourth-order valence-electron chi connectivity index (χ4n) is 3.92. The molecule has 1 aliphatic heterocycles. The third-order valence-electron chi connectivity index (χ3n) is 5.37. The molecule has 166 valence electrons. The van der Waals surface area contributed by atoms with Crippen LogP contribution in [0.25, 0.3) is 21.7 Å². The number of esters is 1. The molecule has 0 saturated heterocycles. The fourth-order valence-corrected chi connectivity index (χ4v) is 6.26. The van der Waals surface area contributed by atoms with Gasteiger partial charge in [-0.25, -0.2) is 8.97 Å². The van der Waals surface area contributed by atoms with Gasteiger partial charge in [0.2, 0.25) is 5.78 Å². The van der Waals surface area contributed by atoms with E-state index in [0.29, 0.717) is 33.6 Å². The Balaban J connectivity index is 1.77. The summed E-state index contributed by atoms with van der Waals surface area (Å²) in [6, 6.07) is 7.08. The van der Waals surface area contributed by atoms with E-state index in [1.807, 2.05) is 4.40 Å². The Kier molecular flexibility index (Phi) is 5.70. The summed E-state index contributed by atoms with van der Waals surface area (Å²) in [5.41, 5.74) is 1.63. The van der Waals surface area contributed by atoms with Crippen LogP contribution < -0.4 is 5.56 Å². The minimum Gasteiger partial charge on any atom is -0.465 e. The fraction of sp³-hybridized carbons (Fsp3) is 0.333. The summed E-state index contributed by atoms with van der Waals surface area (Å²) in [5.74, 6) is 0.205. The lowest BCUT2D eigenvalue weighted by atomic mass is 10.1. The summed E-state index contributed by atoms with van der Waals surface area (Å²) >= 11 is 8.92. The summed E-state index contributed by atoms with van der Waals surface area (Å²) in [6.45, 7) is 3.79. The maximum atomic E-state index is 13.8. The molecule has 0 aliphatic carbocycles. The lowest BCUT2D eigenvalue weighted by Crippen LogP contribution is -2.27. The minimum atomic E-state index is -0.316. The smallest absolute Gasteiger partial charge is 0.316 e. The molecule has 0 unspecified atom stereocenters. The second kappa shape index (κ2) is 8.51. The van der Waals surface area contributed by atoms with Crippen molar-refractivity contribution in [3.8, 4) is 5.69 Å². The Morgan fingerprint density at radius 1 is 1.28 bits per heavy atom. The first-order valence-corrected chi connectivity index (χ1v) is 12.3. The van der Waals surface area contributed by atoms with Crippen LogP contribution >= 0.6 is 34.7 Å². The van der Waals surface area contributed by atoms with Gasteiger partial charge in [-0.15, -0.1) is 21.5 Å². The summed E-state index contributed by atoms with van der Waals surface area (Å²) in [6.07, 6.45) is 0.806. The van der Waals surface area contributed by atoms with E-state index in [1.54, 1.807) is 47.1 Å². The Morgan fingerprint density at radius 2 is 2.06 bits per heavy atom. The van der Waals surface area contributed by atoms with Gasteiger partial charge in [-0.1, -0.05) is 23.4 Å². The zero-order chi connectivity index (χ0) is 22.4. The van der Waals surface area contributed by atoms with E-state index in [2.05, 4.69) is 22.1 Å². The number of halogens is 1. The average Bonchev–Trinajstić information content (AvgIpc) is 3.35. The molecule has 0 bridgehead atoms. The first-order valence-electron chi connectivity index (χ1n) is 10.1. The molecule has 4 heterocycles. The van der Waals surface area contributed by atoms with Crippen molar-refractivity contribution in [1.82, 2.24) is 24.1 Å². The lowest BCUT2D eigenvalue weighted by molar-refractivity contribution is -0.139. The summed E-state index contributed by atoms with van der Waals surface area (Å²) in [4.78, 5) is 29.9. The molecule has 0 amide bonds. The van der Waals surface area contributed by atoms with Gasteiger partial charge in [0.15, 0.2) is 5.16 Å². The number of rotatable bonds is 5. The Bertz CT molecular complexity index is 1390. The zero-order valence-electron chi connectivity index (χ0n) is 17.5. The van der Waals surface area contributed by atoms with Crippen LogP contribution in [0.1, 0.15) is 17.4 Å². The van der Waals surface area contributed by atoms with Crippen molar-refractivity contribution >= 4 is 56.7 Å². The number of thioether (sulfide) groups is 1. The molecule has 0 radical (unpaired) electrons. The quantitative estimate of drug-likeness (QED) is 0.314. The van der Waals surface area contributed by atoms with Gasteiger partial charge < -0.3 is 9.64 Å². The monoisotopic (exact) mass is 489 g/mol. The van der Waals surface area contributed by atoms with Crippen molar-refractivity contribution in [1.29, 1.82) is 0 Å². The van der Waals surface area contributed by atoms with Crippen molar-refractivity contribution in [2.75, 3.05) is 26.0 Å². The topological polar surface area (TPSA) is 81.7 Å². The molecule has 0 N–H and O–H groups in total. The van der Waals surface area contributed by atoms with E-state index in [1.165, 1.54) is 16.6 Å². The Hall–Kier alpha value is -2.40. The number of aromatic nitrogens is 4. The van der Waals surface area contributed by atoms with Crippen LogP contribution in [0, 0.1) is 0 Å². The maximum Gasteiger partial charge on any atom is 0.316 e. The number of nitrogens with zero attached hydrogens (tertiary/aromatic N) is 5. The van der Waals surface area contributed by atoms with Gasteiger partial charge in [0.05, 0.1) is 23.4 Å². The highest BCUT2D eigenvalue weighted by atomic mass is 35.5. The van der Waals surface area contributed by atoms with E-state index in [0.717, 1.165) is 29.9 Å². The number of ether oxygens (including phenoxy) is 1. The molecular formula is C21H20ClN5O3S2. The summed E-state index contributed by atoms with van der Waals surface area (Å²) < 4.78 is 8.52. The van der Waals surface area contributed by atoms with Gasteiger partial charge >= 0.3 is 5.97 Å². The number of hydrogen-bond acceptors (Lipinski definition) is 8. The van der Waals surface area contributed by atoms with Crippen LogP contribution in [-0.2, 0) is 22.5 Å². The van der Waals surface area contributed by atoms with Crippen LogP contribution in [0.2, 0.25) is 5.02 Å². The third-order valence-corrected chi connectivity index (χ3v) is 7.73. The van der Waals surface area contributed by atoms with Crippen molar-refractivity contribution in [3.63, 3.8) is 0 Å². The number of benzene rings is 1. The van der Waals surface area contributed by atoms with Gasteiger partial charge in [-0.2, -0.15) is 0 Å². The van der Waals surface area contributed by atoms with Crippen molar-refractivity contribution in [3.05, 3.63) is 50.1 Å². The van der Waals surface area contributed by atoms with Crippen molar-refractivity contribution in [2.24, 2.45) is 0 Å². The maximum absolute atomic E-state index is 13.8. The molecular weight excluding hydrogens is 470 g/mol. The second-order valence-electron chi connectivity index (χ2n) is 7.50. The molecule has 11 heteroatoms. The van der Waals surface area contributed by atoms with Gasteiger partial charge in [0.25, 0.3) is 5.56 Å². The summed E-state index contributed by atoms with van der Waals surface area (Å²) in [5, 5.41) is 10.5. The van der Waals surface area contributed by atoms with E-state index < -0.39 is 0 Å². The third kappa shape index (κ3) is 3.61. The van der Waals surface area contributed by atoms with E-state index in [4.69, 9.17) is 16.3 Å². The Labute approximate surface area is 196 Å². The molecule has 4 aromatic rings. The standard InChI is InChI=1S/C21H20ClN5O3S2/c1-3-30-16(28)11-31-21-24-23-20-26(13-6-4-12(22)5-7-13)18(29)17-14-8-9-25(2)10-15(14)32-19(17)27(20)21/h4-7H,3,8-11H2,1-2H3. The van der Waals surface area contributed by atoms with Gasteiger partial charge in [-0.3, -0.25) is 9.59 Å². The van der Waals surface area contributed by atoms with Crippen LogP contribution in [0.4, 0.5) is 0 Å². The molecule has 0 saturated carbocycles. The average molecular weight is 490 g/mol. The van der Waals surface area contributed by atoms with Crippen molar-refractivity contribution in [2.45, 2.75) is 25.0 Å². The molecule has 0 fully saturated rings. The molecule has 32 heavy (non-hydrogen) atoms. The second-order valence-corrected chi connectivity index (χ2v) is 9.96. The van der Waals surface area contributed by atoms with Crippen molar-refractivity contribution < 1.29 is 9.53 Å². The SMILES string of the molecule is CCOC(=O)CSc1nnc2n(-c3ccc(Cl)cc3)c(=O)c3c4c(sc3n12)CN(C)CC4. The number of likely N-dealkylation sites (N-methyl/N-ethyl adjacent to an activating group) is 1. The molecule has 5 rings (SSSR count). The molecule has 1 aromatic carbocycles. The summed E-state index contributed by atoms with van der Waals surface area (Å²) in [7, 11) is 2.08. The molecule has 8 nitrogen and oxygen atoms in total. The number of hydrogen-bond donors (Lipinski definition) is 0. The largest absolute Gasteiger partial charge is 0.465 e. The predicted molar refractivity (Wildman–Crippen MR) is 126 cm³/mol. The lowest BCUT2D eigenvalue weighted by Gasteiger charge is -2.21. The highest BCUT2D eigenvalue weighted by Crippen LogP contribution is 2.35. The number of carbonyl (C=O) groups is 1. The van der Waals surface area contributed by atoms with E-state index >= 15 is 0 Å². The normalized spacial score (nSPS) is 14.2. The molecule has 0 spiro atoms. The van der Waals surface area contributed by atoms with Crippen LogP contribution in [0.15, 0.2) is 34.2 Å². The minimum absolute atomic E-state index is 0.115. The van der Waals surface area contributed by atoms with E-state index in [9.17, 15) is 9.59 Å². The highest BCUT2D eigenvalue weighted by Gasteiger charge is 2.27. The molecule has 0 atom stereocenters. The van der Waals surface area contributed by atoms with Crippen LogP contribution in [0.5, 0.6) is 0 Å². The van der Waals surface area contributed by atoms with Gasteiger partial charge in [-0.05, 0) is 50.2 Å². The Morgan fingerprint density at radius 3 is 2.81 bits per heavy atom. The molecule has 1 aliphatic rings. The first-order chi connectivity index (χ1) is 15.5. The van der Waals surface area contributed by atoms with E-state index in [-0.39, 0.29) is 17.3 Å². The van der Waals surface area contributed by atoms with Crippen LogP contribution in [-0.4, -0.2) is 56.0 Å². The first kappa shape index (κ1) is 21.4. The highest BCUT2D eigenvalue weighted by molar-refractivity contribution is 7.99. The van der Waals surface area contributed by atoms with Gasteiger partial charge in [0.1, 0.15) is 4.83 Å². The molecule has 3 aromatic heterocycles. The van der Waals surface area contributed by atoms with Gasteiger partial charge in [0, 0.05) is 23.0 Å². The number of carbonyl (C=O) groups excluding carboxylic acids is 1. The van der Waals surface area contributed by atoms with Crippen LogP contribution in [0.3, 0.4) is 0 Å². The predicted octanol–water partition coefficient (Wildman–Crippen LogP) is 3.39. The number of thiophene rings is 1.